The Morgan fingerprint density at radius 2 is 1.94 bits per heavy atom. The number of nitrogens with two attached hydrogens (primary N) is 2. The van der Waals surface area contributed by atoms with Gasteiger partial charge in [-0.3, -0.25) is 4.79 Å². The molecule has 0 aliphatic heterocycles. The minimum Gasteiger partial charge on any atom is -0.398 e. The first-order valence-electron chi connectivity index (χ1n) is 5.48. The van der Waals surface area contributed by atoms with Gasteiger partial charge in [-0.05, 0) is 25.0 Å². The topological polar surface area (TPSA) is 81.1 Å². The minimum atomic E-state index is -0.664. The SMILES string of the molecule is CC(C)C(C)Nc1cc(C(N)=O)c(N)cc1F. The first-order valence-corrected chi connectivity index (χ1v) is 5.48. The van der Waals surface area contributed by atoms with Gasteiger partial charge in [0.25, 0.3) is 5.91 Å². The van der Waals surface area contributed by atoms with Crippen molar-refractivity contribution >= 4 is 17.3 Å². The number of amides is 1. The zero-order chi connectivity index (χ0) is 13.2. The van der Waals surface area contributed by atoms with Crippen LogP contribution in [0, 0.1) is 11.7 Å². The molecule has 0 aromatic heterocycles. The fourth-order valence-corrected chi connectivity index (χ4v) is 1.32. The third-order valence-electron chi connectivity index (χ3n) is 2.79. The van der Waals surface area contributed by atoms with Crippen molar-refractivity contribution in [2.24, 2.45) is 11.7 Å². The van der Waals surface area contributed by atoms with Crippen LogP contribution >= 0.6 is 0 Å². The molecule has 0 aliphatic carbocycles. The van der Waals surface area contributed by atoms with Crippen molar-refractivity contribution < 1.29 is 9.18 Å². The second kappa shape index (κ2) is 5.03. The molecule has 17 heavy (non-hydrogen) atoms. The van der Waals surface area contributed by atoms with E-state index in [4.69, 9.17) is 11.5 Å². The summed E-state index contributed by atoms with van der Waals surface area (Å²) in [5, 5.41) is 2.99. The lowest BCUT2D eigenvalue weighted by molar-refractivity contribution is 0.100. The van der Waals surface area contributed by atoms with E-state index in [1.807, 2.05) is 20.8 Å². The van der Waals surface area contributed by atoms with Crippen LogP contribution in [0.15, 0.2) is 12.1 Å². The van der Waals surface area contributed by atoms with E-state index in [0.717, 1.165) is 6.07 Å². The molecule has 4 nitrogen and oxygen atoms in total. The maximum atomic E-state index is 13.6. The molecule has 1 rings (SSSR count). The third-order valence-corrected chi connectivity index (χ3v) is 2.79. The molecule has 5 heteroatoms. The summed E-state index contributed by atoms with van der Waals surface area (Å²) in [5.74, 6) is -0.813. The summed E-state index contributed by atoms with van der Waals surface area (Å²) in [6.45, 7) is 5.97. The second-order valence-electron chi connectivity index (χ2n) is 4.46. The van der Waals surface area contributed by atoms with Crippen LogP contribution in [0.5, 0.6) is 0 Å². The Hall–Kier alpha value is -1.78. The molecule has 1 aromatic carbocycles. The quantitative estimate of drug-likeness (QED) is 0.702. The Morgan fingerprint density at radius 3 is 2.41 bits per heavy atom. The third kappa shape index (κ3) is 3.09. The molecule has 1 aromatic rings. The molecule has 0 aliphatic rings. The predicted molar refractivity (Wildman–Crippen MR) is 67.3 cm³/mol. The van der Waals surface area contributed by atoms with Gasteiger partial charge in [-0.15, -0.1) is 0 Å². The predicted octanol–water partition coefficient (Wildman–Crippen LogP) is 1.96. The molecule has 0 spiro atoms. The van der Waals surface area contributed by atoms with Gasteiger partial charge in [-0.2, -0.15) is 0 Å². The summed E-state index contributed by atoms with van der Waals surface area (Å²) in [5.41, 5.74) is 11.1. The van der Waals surface area contributed by atoms with Gasteiger partial charge in [0.05, 0.1) is 11.3 Å². The number of nitrogen functional groups attached to an aromatic ring is 1. The Kier molecular flexibility index (Phi) is 3.93. The molecule has 0 radical (unpaired) electrons. The molecule has 0 saturated heterocycles. The number of primary amides is 1. The van der Waals surface area contributed by atoms with Gasteiger partial charge in [0.2, 0.25) is 0 Å². The molecular weight excluding hydrogens is 221 g/mol. The highest BCUT2D eigenvalue weighted by Gasteiger charge is 2.14. The number of nitrogens with one attached hydrogen (secondary N) is 1. The van der Waals surface area contributed by atoms with Crippen LogP contribution in [0.2, 0.25) is 0 Å². The maximum Gasteiger partial charge on any atom is 0.250 e. The fraction of sp³-hybridized carbons (Fsp3) is 0.417. The van der Waals surface area contributed by atoms with Gasteiger partial charge < -0.3 is 16.8 Å². The standard InChI is InChI=1S/C12H18FN3O/c1-6(2)7(3)16-11-4-8(12(15)17)10(14)5-9(11)13/h4-7,16H,14H2,1-3H3,(H2,15,17). The number of hydrogen-bond donors (Lipinski definition) is 3. The molecule has 5 N–H and O–H groups in total. The van der Waals surface area contributed by atoms with Gasteiger partial charge in [0.1, 0.15) is 5.82 Å². The van der Waals surface area contributed by atoms with E-state index in [2.05, 4.69) is 5.32 Å². The summed E-state index contributed by atoms with van der Waals surface area (Å²) in [6, 6.07) is 2.54. The van der Waals surface area contributed by atoms with Crippen molar-refractivity contribution in [2.75, 3.05) is 11.1 Å². The molecule has 0 bridgehead atoms. The van der Waals surface area contributed by atoms with Crippen LogP contribution in [0.1, 0.15) is 31.1 Å². The molecule has 1 unspecified atom stereocenters. The first kappa shape index (κ1) is 13.3. The highest BCUT2D eigenvalue weighted by Crippen LogP contribution is 2.23. The van der Waals surface area contributed by atoms with E-state index in [1.54, 1.807) is 0 Å². The number of anilines is 2. The van der Waals surface area contributed by atoms with Gasteiger partial charge in [0, 0.05) is 11.7 Å². The summed E-state index contributed by atoms with van der Waals surface area (Å²) in [7, 11) is 0. The number of halogens is 1. The van der Waals surface area contributed by atoms with Gasteiger partial charge in [-0.1, -0.05) is 13.8 Å². The molecule has 1 amide bonds. The van der Waals surface area contributed by atoms with Crippen molar-refractivity contribution in [1.82, 2.24) is 0 Å². The highest BCUT2D eigenvalue weighted by molar-refractivity contribution is 5.99. The normalized spacial score (nSPS) is 12.5. The first-order chi connectivity index (χ1) is 7.82. The van der Waals surface area contributed by atoms with Gasteiger partial charge in [0.15, 0.2) is 0 Å². The Balaban J connectivity index is 3.08. The monoisotopic (exact) mass is 239 g/mol. The average Bonchev–Trinajstić information content (AvgIpc) is 2.21. The Labute approximate surface area is 100 Å². The summed E-state index contributed by atoms with van der Waals surface area (Å²) in [4.78, 5) is 11.1. The lowest BCUT2D eigenvalue weighted by atomic mass is 10.1. The summed E-state index contributed by atoms with van der Waals surface area (Å²) >= 11 is 0. The van der Waals surface area contributed by atoms with Crippen molar-refractivity contribution in [3.8, 4) is 0 Å². The number of benzene rings is 1. The van der Waals surface area contributed by atoms with Crippen LogP contribution in [-0.2, 0) is 0 Å². The zero-order valence-electron chi connectivity index (χ0n) is 10.3. The number of rotatable bonds is 4. The fourth-order valence-electron chi connectivity index (χ4n) is 1.32. The maximum absolute atomic E-state index is 13.6. The van der Waals surface area contributed by atoms with Crippen LogP contribution in [0.4, 0.5) is 15.8 Å². The zero-order valence-corrected chi connectivity index (χ0v) is 10.3. The van der Waals surface area contributed by atoms with Crippen molar-refractivity contribution in [3.63, 3.8) is 0 Å². The van der Waals surface area contributed by atoms with E-state index >= 15 is 0 Å². The van der Waals surface area contributed by atoms with Crippen molar-refractivity contribution in [1.29, 1.82) is 0 Å². The van der Waals surface area contributed by atoms with Crippen LogP contribution in [-0.4, -0.2) is 11.9 Å². The van der Waals surface area contributed by atoms with Crippen molar-refractivity contribution in [2.45, 2.75) is 26.8 Å². The second-order valence-corrected chi connectivity index (χ2v) is 4.46. The smallest absolute Gasteiger partial charge is 0.250 e. The summed E-state index contributed by atoms with van der Waals surface area (Å²) in [6.07, 6.45) is 0. The molecular formula is C12H18FN3O. The number of carbonyl (C=O) groups is 1. The lowest BCUT2D eigenvalue weighted by Crippen LogP contribution is -2.23. The number of carbonyl (C=O) groups excluding carboxylic acids is 1. The summed E-state index contributed by atoms with van der Waals surface area (Å²) < 4.78 is 13.6. The minimum absolute atomic E-state index is 0.0535. The van der Waals surface area contributed by atoms with E-state index in [-0.39, 0.29) is 23.0 Å². The van der Waals surface area contributed by atoms with E-state index in [1.165, 1.54) is 6.07 Å². The van der Waals surface area contributed by atoms with Crippen LogP contribution in [0.25, 0.3) is 0 Å². The van der Waals surface area contributed by atoms with E-state index in [9.17, 15) is 9.18 Å². The van der Waals surface area contributed by atoms with Crippen LogP contribution in [0.3, 0.4) is 0 Å². The van der Waals surface area contributed by atoms with Crippen molar-refractivity contribution in [3.05, 3.63) is 23.5 Å². The Bertz CT molecular complexity index is 432. The molecule has 94 valence electrons. The Morgan fingerprint density at radius 1 is 1.35 bits per heavy atom. The van der Waals surface area contributed by atoms with Gasteiger partial charge in [-0.25, -0.2) is 4.39 Å². The highest BCUT2D eigenvalue weighted by atomic mass is 19.1. The average molecular weight is 239 g/mol. The van der Waals surface area contributed by atoms with E-state index < -0.39 is 11.7 Å². The van der Waals surface area contributed by atoms with E-state index in [0.29, 0.717) is 5.92 Å². The van der Waals surface area contributed by atoms with Crippen LogP contribution < -0.4 is 16.8 Å². The largest absolute Gasteiger partial charge is 0.398 e. The molecule has 0 fully saturated rings. The number of hydrogen-bond acceptors (Lipinski definition) is 3. The van der Waals surface area contributed by atoms with Gasteiger partial charge >= 0.3 is 0 Å². The molecule has 0 heterocycles. The lowest BCUT2D eigenvalue weighted by Gasteiger charge is -2.20. The molecule has 0 saturated carbocycles. The molecule has 1 atom stereocenters.